The van der Waals surface area contributed by atoms with E-state index >= 15 is 0 Å². The Labute approximate surface area is 142 Å². The molecule has 0 aliphatic carbocycles. The zero-order valence-electron chi connectivity index (χ0n) is 13.9. The summed E-state index contributed by atoms with van der Waals surface area (Å²) in [6.07, 6.45) is 0. The number of benzene rings is 1. The zero-order chi connectivity index (χ0) is 17.0. The van der Waals surface area contributed by atoms with Gasteiger partial charge in [-0.2, -0.15) is 0 Å². The number of rotatable bonds is 4. The molecule has 1 aromatic rings. The quantitative estimate of drug-likeness (QED) is 0.788. The van der Waals surface area contributed by atoms with E-state index in [0.29, 0.717) is 23.7 Å². The van der Waals surface area contributed by atoms with Crippen LogP contribution in [0.3, 0.4) is 0 Å². The zero-order valence-corrected chi connectivity index (χ0v) is 14.7. The molecule has 0 N–H and O–H groups in total. The maximum absolute atomic E-state index is 13.8. The van der Waals surface area contributed by atoms with Crippen LogP contribution in [-0.4, -0.2) is 54.1 Å². The van der Waals surface area contributed by atoms with E-state index in [1.54, 1.807) is 12.1 Å². The minimum Gasteiger partial charge on any atom is -0.459 e. The predicted molar refractivity (Wildman–Crippen MR) is 89.0 cm³/mol. The van der Waals surface area contributed by atoms with Crippen molar-refractivity contribution in [1.29, 1.82) is 0 Å². The van der Waals surface area contributed by atoms with E-state index in [4.69, 9.17) is 16.3 Å². The molecule has 1 aliphatic rings. The summed E-state index contributed by atoms with van der Waals surface area (Å²) in [5, 5.41) is 0.459. The molecule has 0 spiro atoms. The van der Waals surface area contributed by atoms with Gasteiger partial charge in [-0.15, -0.1) is 0 Å². The van der Waals surface area contributed by atoms with E-state index < -0.39 is 5.60 Å². The van der Waals surface area contributed by atoms with E-state index in [2.05, 4.69) is 9.80 Å². The van der Waals surface area contributed by atoms with Crippen molar-refractivity contribution in [2.24, 2.45) is 0 Å². The first-order valence-electron chi connectivity index (χ1n) is 7.84. The summed E-state index contributed by atoms with van der Waals surface area (Å²) in [5.74, 6) is -0.475. The first-order chi connectivity index (χ1) is 10.7. The first-order valence-corrected chi connectivity index (χ1v) is 8.22. The Hall–Kier alpha value is -1.17. The van der Waals surface area contributed by atoms with Crippen LogP contribution < -0.4 is 0 Å². The van der Waals surface area contributed by atoms with Crippen LogP contribution in [0.25, 0.3) is 0 Å². The average Bonchev–Trinajstić information content (AvgIpc) is 2.43. The third-order valence-corrected chi connectivity index (χ3v) is 4.04. The molecule has 0 radical (unpaired) electrons. The molecule has 0 unspecified atom stereocenters. The van der Waals surface area contributed by atoms with Gasteiger partial charge < -0.3 is 4.74 Å². The maximum Gasteiger partial charge on any atom is 0.320 e. The van der Waals surface area contributed by atoms with Crippen molar-refractivity contribution in [3.05, 3.63) is 34.6 Å². The highest BCUT2D eigenvalue weighted by atomic mass is 35.5. The Morgan fingerprint density at radius 3 is 2.39 bits per heavy atom. The van der Waals surface area contributed by atoms with E-state index in [1.165, 1.54) is 6.07 Å². The van der Waals surface area contributed by atoms with Gasteiger partial charge in [0.25, 0.3) is 0 Å². The van der Waals surface area contributed by atoms with E-state index in [9.17, 15) is 9.18 Å². The number of piperazine rings is 1. The Balaban J connectivity index is 1.81. The second-order valence-electron chi connectivity index (χ2n) is 6.84. The summed E-state index contributed by atoms with van der Waals surface area (Å²) in [4.78, 5) is 16.1. The molecule has 4 nitrogen and oxygen atoms in total. The number of carbonyl (C=O) groups excluding carboxylic acids is 1. The van der Waals surface area contributed by atoms with Gasteiger partial charge in [0, 0.05) is 43.3 Å². The normalized spacial score (nSPS) is 17.3. The van der Waals surface area contributed by atoms with Crippen LogP contribution in [0, 0.1) is 5.82 Å². The molecule has 0 bridgehead atoms. The minimum atomic E-state index is -0.458. The molecule has 0 atom stereocenters. The molecule has 0 amide bonds. The van der Waals surface area contributed by atoms with Gasteiger partial charge in [0.2, 0.25) is 0 Å². The van der Waals surface area contributed by atoms with Crippen molar-refractivity contribution in [1.82, 2.24) is 9.80 Å². The molecule has 1 fully saturated rings. The number of halogens is 2. The lowest BCUT2D eigenvalue weighted by molar-refractivity contribution is -0.156. The molecular formula is C17H24ClFN2O2. The largest absolute Gasteiger partial charge is 0.459 e. The number of hydrogen-bond acceptors (Lipinski definition) is 4. The van der Waals surface area contributed by atoms with Crippen molar-refractivity contribution < 1.29 is 13.9 Å². The third kappa shape index (κ3) is 5.75. The Bertz CT molecular complexity index is 532. The molecular weight excluding hydrogens is 319 g/mol. The van der Waals surface area contributed by atoms with Gasteiger partial charge in [-0.05, 0) is 32.9 Å². The molecule has 2 rings (SSSR count). The van der Waals surface area contributed by atoms with Gasteiger partial charge >= 0.3 is 5.97 Å². The van der Waals surface area contributed by atoms with Gasteiger partial charge in [0.1, 0.15) is 11.4 Å². The van der Waals surface area contributed by atoms with Crippen molar-refractivity contribution in [3.8, 4) is 0 Å². The summed E-state index contributed by atoms with van der Waals surface area (Å²) in [7, 11) is 0. The van der Waals surface area contributed by atoms with E-state index in [1.807, 2.05) is 20.8 Å². The van der Waals surface area contributed by atoms with E-state index in [-0.39, 0.29) is 11.8 Å². The van der Waals surface area contributed by atoms with Crippen LogP contribution in [-0.2, 0) is 16.1 Å². The highest BCUT2D eigenvalue weighted by Gasteiger charge is 2.23. The molecule has 1 heterocycles. The van der Waals surface area contributed by atoms with Gasteiger partial charge in [-0.1, -0.05) is 17.7 Å². The minimum absolute atomic E-state index is 0.205. The predicted octanol–water partition coefficient (Wildman–Crippen LogP) is 2.94. The lowest BCUT2D eigenvalue weighted by Gasteiger charge is -2.34. The summed E-state index contributed by atoms with van der Waals surface area (Å²) in [6.45, 7) is 9.43. The molecule has 23 heavy (non-hydrogen) atoms. The second-order valence-corrected chi connectivity index (χ2v) is 7.25. The molecule has 1 aromatic carbocycles. The first kappa shape index (κ1) is 18.2. The average molecular weight is 343 g/mol. The summed E-state index contributed by atoms with van der Waals surface area (Å²) in [6, 6.07) is 4.75. The molecule has 0 saturated carbocycles. The molecule has 6 heteroatoms. The van der Waals surface area contributed by atoms with Crippen LogP contribution in [0.1, 0.15) is 26.3 Å². The van der Waals surface area contributed by atoms with Crippen LogP contribution in [0.15, 0.2) is 18.2 Å². The number of carbonyl (C=O) groups is 1. The summed E-state index contributed by atoms with van der Waals surface area (Å²) >= 11 is 6.07. The van der Waals surface area contributed by atoms with Crippen LogP contribution >= 0.6 is 11.6 Å². The summed E-state index contributed by atoms with van der Waals surface area (Å²) < 4.78 is 19.2. The standard InChI is InChI=1S/C17H24ClFN2O2/c1-17(2,3)23-16(22)12-21-9-7-20(8-10-21)11-13-14(18)5-4-6-15(13)19/h4-6H,7-12H2,1-3H3. The fourth-order valence-corrected chi connectivity index (χ4v) is 2.79. The lowest BCUT2D eigenvalue weighted by Crippen LogP contribution is -2.48. The maximum atomic E-state index is 13.8. The smallest absolute Gasteiger partial charge is 0.320 e. The van der Waals surface area contributed by atoms with Gasteiger partial charge in [0.15, 0.2) is 0 Å². The van der Waals surface area contributed by atoms with Crippen LogP contribution in [0.2, 0.25) is 5.02 Å². The Morgan fingerprint density at radius 2 is 1.83 bits per heavy atom. The van der Waals surface area contributed by atoms with Gasteiger partial charge in [-0.25, -0.2) is 4.39 Å². The number of ether oxygens (including phenoxy) is 1. The second kappa shape index (κ2) is 7.60. The lowest BCUT2D eigenvalue weighted by atomic mass is 10.2. The van der Waals surface area contributed by atoms with Gasteiger partial charge in [-0.3, -0.25) is 14.6 Å². The van der Waals surface area contributed by atoms with Crippen LogP contribution in [0.5, 0.6) is 0 Å². The van der Waals surface area contributed by atoms with Gasteiger partial charge in [0.05, 0.1) is 6.54 Å². The monoisotopic (exact) mass is 342 g/mol. The summed E-state index contributed by atoms with van der Waals surface area (Å²) in [5.41, 5.74) is 0.0790. The highest BCUT2D eigenvalue weighted by molar-refractivity contribution is 6.31. The third-order valence-electron chi connectivity index (χ3n) is 3.68. The van der Waals surface area contributed by atoms with Crippen LogP contribution in [0.4, 0.5) is 4.39 Å². The van der Waals surface area contributed by atoms with Crippen molar-refractivity contribution >= 4 is 17.6 Å². The molecule has 0 aromatic heterocycles. The number of nitrogens with zero attached hydrogens (tertiary/aromatic N) is 2. The fourth-order valence-electron chi connectivity index (χ4n) is 2.57. The number of hydrogen-bond donors (Lipinski definition) is 0. The van der Waals surface area contributed by atoms with Crippen molar-refractivity contribution in [2.75, 3.05) is 32.7 Å². The van der Waals surface area contributed by atoms with E-state index in [0.717, 1.165) is 26.2 Å². The number of esters is 1. The van der Waals surface area contributed by atoms with Crippen molar-refractivity contribution in [2.45, 2.75) is 32.9 Å². The molecule has 128 valence electrons. The Morgan fingerprint density at radius 1 is 1.22 bits per heavy atom. The molecule has 1 aliphatic heterocycles. The van der Waals surface area contributed by atoms with Crippen molar-refractivity contribution in [3.63, 3.8) is 0 Å². The highest BCUT2D eigenvalue weighted by Crippen LogP contribution is 2.21. The fraction of sp³-hybridized carbons (Fsp3) is 0.588. The SMILES string of the molecule is CC(C)(C)OC(=O)CN1CCN(Cc2c(F)cccc2Cl)CC1. The topological polar surface area (TPSA) is 32.8 Å². The molecule has 1 saturated heterocycles. The Kier molecular flexibility index (Phi) is 6.00.